The van der Waals surface area contributed by atoms with Gasteiger partial charge in [-0.2, -0.15) is 8.78 Å². The minimum absolute atomic E-state index is 0. The van der Waals surface area contributed by atoms with Crippen LogP contribution in [0.3, 0.4) is 0 Å². The summed E-state index contributed by atoms with van der Waals surface area (Å²) in [5.41, 5.74) is 3.89. The number of rotatable bonds is 8. The lowest BCUT2D eigenvalue weighted by Gasteiger charge is -2.20. The maximum absolute atomic E-state index is 12.3. The van der Waals surface area contributed by atoms with Crippen LogP contribution in [0, 0.1) is 0 Å². The number of fused-ring (bicyclic) bond motifs is 1. The molecule has 176 valence electrons. The van der Waals surface area contributed by atoms with Crippen LogP contribution in [0.1, 0.15) is 48.1 Å². The third-order valence-electron chi connectivity index (χ3n) is 5.32. The van der Waals surface area contributed by atoms with E-state index in [9.17, 15) is 19.0 Å². The van der Waals surface area contributed by atoms with Gasteiger partial charge in [-0.25, -0.2) is 4.99 Å². The van der Waals surface area contributed by atoms with Crippen LogP contribution < -0.4 is 15.4 Å². The largest absolute Gasteiger partial charge is 0.508 e. The Hall–Kier alpha value is -2.14. The number of ether oxygens (including phenoxy) is 1. The second kappa shape index (κ2) is 12.8. The first-order valence-electron chi connectivity index (χ1n) is 10.6. The highest BCUT2D eigenvalue weighted by Gasteiger charge is 2.16. The quantitative estimate of drug-likeness (QED) is 0.220. The Labute approximate surface area is 204 Å². The first kappa shape index (κ1) is 26.1. The average molecular weight is 561 g/mol. The van der Waals surface area contributed by atoms with E-state index in [1.165, 1.54) is 23.3 Å². The lowest BCUT2D eigenvalue weighted by Crippen LogP contribution is -2.39. The molecule has 1 aliphatic carbocycles. The molecule has 0 saturated carbocycles. The van der Waals surface area contributed by atoms with Crippen molar-refractivity contribution in [2.24, 2.45) is 4.99 Å². The van der Waals surface area contributed by atoms with Crippen molar-refractivity contribution in [3.63, 3.8) is 0 Å². The third-order valence-corrected chi connectivity index (χ3v) is 5.32. The van der Waals surface area contributed by atoms with E-state index < -0.39 is 12.7 Å². The Morgan fingerprint density at radius 1 is 1.09 bits per heavy atom. The van der Waals surface area contributed by atoms with Crippen LogP contribution in [0.5, 0.6) is 11.5 Å². The molecule has 1 unspecified atom stereocenters. The van der Waals surface area contributed by atoms with Crippen molar-refractivity contribution in [1.29, 1.82) is 0 Å². The molecule has 0 aliphatic heterocycles. The Morgan fingerprint density at radius 3 is 2.50 bits per heavy atom. The summed E-state index contributed by atoms with van der Waals surface area (Å²) in [6.07, 6.45) is 3.39. The fourth-order valence-corrected chi connectivity index (χ4v) is 3.75. The van der Waals surface area contributed by atoms with Crippen LogP contribution in [0.25, 0.3) is 0 Å². The third kappa shape index (κ3) is 7.19. The number of phenols is 1. The molecular formula is C23H30F2IN3O3. The van der Waals surface area contributed by atoms with E-state index >= 15 is 0 Å². The lowest BCUT2D eigenvalue weighted by atomic mass is 9.88. The molecule has 0 amide bonds. The number of guanidine groups is 1. The number of aromatic hydroxyl groups is 1. The summed E-state index contributed by atoms with van der Waals surface area (Å²) in [6.45, 7) is 0.211. The second-order valence-electron chi connectivity index (χ2n) is 7.45. The van der Waals surface area contributed by atoms with Gasteiger partial charge in [0.15, 0.2) is 5.96 Å². The summed E-state index contributed by atoms with van der Waals surface area (Å²) >= 11 is 0. The summed E-state index contributed by atoms with van der Waals surface area (Å²) in [5, 5.41) is 27.0. The summed E-state index contributed by atoms with van der Waals surface area (Å²) in [4.78, 5) is 4.59. The highest BCUT2D eigenvalue weighted by molar-refractivity contribution is 14.0. The van der Waals surface area contributed by atoms with Crippen LogP contribution >= 0.6 is 24.0 Å². The van der Waals surface area contributed by atoms with E-state index in [2.05, 4.69) is 20.4 Å². The van der Waals surface area contributed by atoms with E-state index in [4.69, 9.17) is 0 Å². The predicted molar refractivity (Wildman–Crippen MR) is 131 cm³/mol. The van der Waals surface area contributed by atoms with Gasteiger partial charge in [0.2, 0.25) is 0 Å². The summed E-state index contributed by atoms with van der Waals surface area (Å²) in [6, 6.07) is 9.61. The number of hydrogen-bond donors (Lipinski definition) is 4. The topological polar surface area (TPSA) is 86.1 Å². The van der Waals surface area contributed by atoms with E-state index in [1.54, 1.807) is 18.2 Å². The van der Waals surface area contributed by atoms with E-state index in [-0.39, 0.29) is 42.0 Å². The Balaban J connectivity index is 0.00000363. The van der Waals surface area contributed by atoms with Crippen molar-refractivity contribution in [1.82, 2.24) is 10.6 Å². The molecule has 1 atom stereocenters. The zero-order valence-corrected chi connectivity index (χ0v) is 20.3. The van der Waals surface area contributed by atoms with Crippen LogP contribution in [0.4, 0.5) is 8.78 Å². The number of hydrogen-bond acceptors (Lipinski definition) is 4. The molecular weight excluding hydrogens is 531 g/mol. The standard InChI is InChI=1S/C23H29F2N3O3.HI/c1-2-26-23(27-13-19-18-6-4-3-5-15(18)9-12-20(19)29)28-14-21(30)16-7-10-17(11-8-16)31-22(24)25;/h7-12,21-22,29-30H,2-6,13-14H2,1H3,(H2,26,27,28);1H. The molecule has 9 heteroatoms. The van der Waals surface area contributed by atoms with Crippen LogP contribution in [-0.2, 0) is 19.4 Å². The molecule has 0 spiro atoms. The van der Waals surface area contributed by atoms with Crippen LogP contribution in [0.15, 0.2) is 41.4 Å². The zero-order chi connectivity index (χ0) is 22.2. The van der Waals surface area contributed by atoms with Crippen molar-refractivity contribution in [3.05, 3.63) is 58.7 Å². The van der Waals surface area contributed by atoms with Gasteiger partial charge in [0.25, 0.3) is 0 Å². The van der Waals surface area contributed by atoms with E-state index in [0.29, 0.717) is 24.6 Å². The molecule has 0 bridgehead atoms. The fraction of sp³-hybridized carbons (Fsp3) is 0.435. The SMILES string of the molecule is CCNC(=NCc1c(O)ccc2c1CCCC2)NCC(O)c1ccc(OC(F)F)cc1.I. The molecule has 0 radical (unpaired) electrons. The molecule has 0 saturated heterocycles. The first-order valence-corrected chi connectivity index (χ1v) is 10.6. The van der Waals surface area contributed by atoms with Gasteiger partial charge < -0.3 is 25.6 Å². The number of alkyl halides is 2. The smallest absolute Gasteiger partial charge is 0.387 e. The minimum atomic E-state index is -2.88. The number of nitrogens with one attached hydrogen (secondary N) is 2. The molecule has 3 rings (SSSR count). The number of phenolic OH excluding ortho intramolecular Hbond substituents is 1. The van der Waals surface area contributed by atoms with E-state index in [0.717, 1.165) is 31.2 Å². The first-order chi connectivity index (χ1) is 15.0. The van der Waals surface area contributed by atoms with Crippen molar-refractivity contribution in [2.75, 3.05) is 13.1 Å². The Kier molecular flexibility index (Phi) is 10.4. The molecule has 0 fully saturated rings. The van der Waals surface area contributed by atoms with Crippen molar-refractivity contribution >= 4 is 29.9 Å². The molecule has 32 heavy (non-hydrogen) atoms. The number of aliphatic imine (C=N–C) groups is 1. The van der Waals surface area contributed by atoms with Crippen molar-refractivity contribution in [3.8, 4) is 11.5 Å². The number of aliphatic hydroxyl groups excluding tert-OH is 1. The number of aryl methyl sites for hydroxylation is 1. The van der Waals surface area contributed by atoms with Gasteiger partial charge in [-0.1, -0.05) is 18.2 Å². The monoisotopic (exact) mass is 561 g/mol. The number of benzene rings is 2. The van der Waals surface area contributed by atoms with Gasteiger partial charge >= 0.3 is 6.61 Å². The van der Waals surface area contributed by atoms with Gasteiger partial charge in [0.1, 0.15) is 11.5 Å². The normalized spacial score (nSPS) is 14.3. The van der Waals surface area contributed by atoms with Gasteiger partial charge in [-0.05, 0) is 67.5 Å². The molecule has 4 N–H and O–H groups in total. The second-order valence-corrected chi connectivity index (χ2v) is 7.45. The van der Waals surface area contributed by atoms with Gasteiger partial charge in [0, 0.05) is 18.7 Å². The van der Waals surface area contributed by atoms with E-state index in [1.807, 2.05) is 13.0 Å². The molecule has 6 nitrogen and oxygen atoms in total. The number of nitrogens with zero attached hydrogens (tertiary/aromatic N) is 1. The molecule has 1 aliphatic rings. The fourth-order valence-electron chi connectivity index (χ4n) is 3.75. The minimum Gasteiger partial charge on any atom is -0.508 e. The van der Waals surface area contributed by atoms with Gasteiger partial charge in [0.05, 0.1) is 12.6 Å². The number of aliphatic hydroxyl groups is 1. The average Bonchev–Trinajstić information content (AvgIpc) is 2.76. The molecule has 0 aromatic heterocycles. The Morgan fingerprint density at radius 2 is 1.81 bits per heavy atom. The highest BCUT2D eigenvalue weighted by atomic mass is 127. The molecule has 0 heterocycles. The van der Waals surface area contributed by atoms with Crippen molar-refractivity contribution < 1.29 is 23.7 Å². The van der Waals surface area contributed by atoms with Crippen LogP contribution in [-0.4, -0.2) is 35.9 Å². The van der Waals surface area contributed by atoms with Gasteiger partial charge in [-0.15, -0.1) is 24.0 Å². The molecule has 2 aromatic rings. The zero-order valence-electron chi connectivity index (χ0n) is 18.0. The highest BCUT2D eigenvalue weighted by Crippen LogP contribution is 2.31. The Bertz CT molecular complexity index is 895. The predicted octanol–water partition coefficient (Wildman–Crippen LogP) is 4.28. The van der Waals surface area contributed by atoms with Crippen LogP contribution in [0.2, 0.25) is 0 Å². The van der Waals surface area contributed by atoms with Gasteiger partial charge in [-0.3, -0.25) is 0 Å². The summed E-state index contributed by atoms with van der Waals surface area (Å²) in [5.74, 6) is 0.818. The maximum Gasteiger partial charge on any atom is 0.387 e. The lowest BCUT2D eigenvalue weighted by molar-refractivity contribution is -0.0498. The summed E-state index contributed by atoms with van der Waals surface area (Å²) < 4.78 is 28.8. The molecule has 2 aromatic carbocycles. The maximum atomic E-state index is 12.3. The summed E-state index contributed by atoms with van der Waals surface area (Å²) in [7, 11) is 0. The number of halogens is 3. The van der Waals surface area contributed by atoms with Crippen molar-refractivity contribution in [2.45, 2.75) is 51.9 Å².